The largest absolute Gasteiger partial charge is 0.329 e. The Labute approximate surface area is 228 Å². The van der Waals surface area contributed by atoms with Crippen molar-refractivity contribution in [3.63, 3.8) is 0 Å². The Morgan fingerprint density at radius 3 is 2.64 bits per heavy atom. The third-order valence-electron chi connectivity index (χ3n) is 7.41. The molecule has 3 amide bonds. The summed E-state index contributed by atoms with van der Waals surface area (Å²) in [5.41, 5.74) is 4.17. The predicted octanol–water partition coefficient (Wildman–Crippen LogP) is 4.13. The lowest BCUT2D eigenvalue weighted by atomic mass is 9.79. The Kier molecular flexibility index (Phi) is 6.80. The second-order valence-electron chi connectivity index (χ2n) is 11.3. The Hall–Kier alpha value is -4.33. The summed E-state index contributed by atoms with van der Waals surface area (Å²) < 4.78 is 0. The van der Waals surface area contributed by atoms with Gasteiger partial charge in [0.2, 0.25) is 17.7 Å². The van der Waals surface area contributed by atoms with Crippen molar-refractivity contribution in [2.24, 2.45) is 10.4 Å². The van der Waals surface area contributed by atoms with Gasteiger partial charge in [-0.15, -0.1) is 0 Å². The van der Waals surface area contributed by atoms with E-state index < -0.39 is 10.8 Å². The fourth-order valence-corrected chi connectivity index (χ4v) is 5.54. The quantitative estimate of drug-likeness (QED) is 0.474. The zero-order valence-electron chi connectivity index (χ0n) is 22.7. The molecule has 0 bridgehead atoms. The molecule has 0 radical (unpaired) electrons. The number of carbonyl (C=O) groups is 3. The topological polar surface area (TPSA) is 104 Å². The molecule has 8 nitrogen and oxygen atoms in total. The highest BCUT2D eigenvalue weighted by Crippen LogP contribution is 2.46. The number of nitrogens with one attached hydrogen (secondary N) is 2. The third kappa shape index (κ3) is 5.06. The Balaban J connectivity index is 1.33. The number of benzene rings is 2. The zero-order chi connectivity index (χ0) is 27.8. The molecule has 2 heterocycles. The van der Waals surface area contributed by atoms with E-state index in [2.05, 4.69) is 20.6 Å². The minimum Gasteiger partial charge on any atom is -0.329 e. The molecule has 0 fully saturated rings. The predicted molar refractivity (Wildman–Crippen MR) is 152 cm³/mol. The van der Waals surface area contributed by atoms with Gasteiger partial charge < -0.3 is 15.5 Å². The monoisotopic (exact) mass is 523 g/mol. The number of pyridine rings is 1. The molecule has 5 rings (SSSR count). The van der Waals surface area contributed by atoms with Crippen molar-refractivity contribution >= 4 is 35.4 Å². The van der Waals surface area contributed by atoms with Gasteiger partial charge >= 0.3 is 0 Å². The third-order valence-corrected chi connectivity index (χ3v) is 7.41. The molecule has 2 aliphatic rings. The second kappa shape index (κ2) is 10.1. The van der Waals surface area contributed by atoms with Gasteiger partial charge in [-0.25, -0.2) is 4.98 Å². The first-order valence-corrected chi connectivity index (χ1v) is 13.1. The van der Waals surface area contributed by atoms with Crippen molar-refractivity contribution in [1.82, 2.24) is 9.88 Å². The summed E-state index contributed by atoms with van der Waals surface area (Å²) >= 11 is 0. The number of hydrogen-bond donors (Lipinski definition) is 2. The van der Waals surface area contributed by atoms with E-state index in [-0.39, 0.29) is 24.3 Å². The lowest BCUT2D eigenvalue weighted by Crippen LogP contribution is -2.43. The summed E-state index contributed by atoms with van der Waals surface area (Å²) in [6, 6.07) is 17.3. The van der Waals surface area contributed by atoms with Crippen LogP contribution in [0.3, 0.4) is 0 Å². The molecule has 1 spiro atoms. The lowest BCUT2D eigenvalue weighted by Gasteiger charge is -2.29. The number of rotatable bonds is 6. The van der Waals surface area contributed by atoms with Gasteiger partial charge in [-0.1, -0.05) is 57.2 Å². The van der Waals surface area contributed by atoms with Gasteiger partial charge in [0, 0.05) is 42.7 Å². The molecule has 1 aromatic heterocycles. The Morgan fingerprint density at radius 2 is 1.87 bits per heavy atom. The number of aromatic nitrogens is 1. The lowest BCUT2D eigenvalue weighted by molar-refractivity contribution is -0.142. The smallest absolute Gasteiger partial charge is 0.244 e. The number of carbonyl (C=O) groups excluding carboxylic acids is 3. The van der Waals surface area contributed by atoms with Crippen molar-refractivity contribution < 1.29 is 14.4 Å². The van der Waals surface area contributed by atoms with E-state index in [4.69, 9.17) is 0 Å². The molecular weight excluding hydrogens is 490 g/mol. The number of anilines is 2. The highest BCUT2D eigenvalue weighted by atomic mass is 16.2. The van der Waals surface area contributed by atoms with Crippen LogP contribution >= 0.6 is 0 Å². The van der Waals surface area contributed by atoms with Crippen molar-refractivity contribution in [2.75, 3.05) is 24.2 Å². The fourth-order valence-electron chi connectivity index (χ4n) is 5.54. The van der Waals surface area contributed by atoms with E-state index in [1.165, 1.54) is 0 Å². The van der Waals surface area contributed by atoms with E-state index in [9.17, 15) is 14.4 Å². The number of amides is 3. The maximum absolute atomic E-state index is 13.3. The minimum absolute atomic E-state index is 0.0391. The first kappa shape index (κ1) is 26.3. The summed E-state index contributed by atoms with van der Waals surface area (Å²) in [6.07, 6.45) is 4.57. The summed E-state index contributed by atoms with van der Waals surface area (Å²) in [6.45, 7) is 5.76. The molecule has 3 aromatic rings. The highest BCUT2D eigenvalue weighted by Gasteiger charge is 2.51. The van der Waals surface area contributed by atoms with Crippen molar-refractivity contribution in [1.29, 1.82) is 0 Å². The molecule has 1 atom stereocenters. The average molecular weight is 524 g/mol. The van der Waals surface area contributed by atoms with Gasteiger partial charge in [0.25, 0.3) is 0 Å². The van der Waals surface area contributed by atoms with Crippen LogP contribution in [0.25, 0.3) is 0 Å². The molecular formula is C31H33N5O3. The van der Waals surface area contributed by atoms with Crippen LogP contribution in [0.5, 0.6) is 0 Å². The summed E-state index contributed by atoms with van der Waals surface area (Å²) in [4.78, 5) is 49.6. The first-order chi connectivity index (χ1) is 18.6. The molecule has 0 saturated carbocycles. The van der Waals surface area contributed by atoms with E-state index in [1.54, 1.807) is 24.4 Å². The van der Waals surface area contributed by atoms with Crippen LogP contribution in [0, 0.1) is 5.41 Å². The van der Waals surface area contributed by atoms with Gasteiger partial charge in [0.1, 0.15) is 12.4 Å². The van der Waals surface area contributed by atoms with E-state index >= 15 is 0 Å². The van der Waals surface area contributed by atoms with Crippen LogP contribution in [0.15, 0.2) is 65.8 Å². The molecule has 200 valence electrons. The number of aliphatic imine (C=N–C) groups is 1. The highest BCUT2D eigenvalue weighted by molar-refractivity contribution is 6.06. The van der Waals surface area contributed by atoms with Crippen molar-refractivity contribution in [2.45, 2.75) is 45.6 Å². The van der Waals surface area contributed by atoms with E-state index in [0.717, 1.165) is 27.8 Å². The average Bonchev–Trinajstić information content (AvgIpc) is 3.41. The SMILES string of the molecule is CN=Cc1ccccc1CN(CC(=O)Nc1ccc2c(c1)CC1(C2)C(=O)Nc2ncccc21)C(=O)C(C)(C)C. The van der Waals surface area contributed by atoms with Crippen LogP contribution in [-0.2, 0) is 39.2 Å². The molecule has 1 aliphatic heterocycles. The molecule has 1 unspecified atom stereocenters. The molecule has 8 heteroatoms. The second-order valence-corrected chi connectivity index (χ2v) is 11.3. The van der Waals surface area contributed by atoms with Crippen LogP contribution in [0.1, 0.15) is 48.6 Å². The van der Waals surface area contributed by atoms with E-state index in [1.807, 2.05) is 75.4 Å². The van der Waals surface area contributed by atoms with Gasteiger partial charge in [-0.2, -0.15) is 0 Å². The van der Waals surface area contributed by atoms with Crippen LogP contribution < -0.4 is 10.6 Å². The Bertz CT molecular complexity index is 1490. The van der Waals surface area contributed by atoms with Crippen LogP contribution in [-0.4, -0.2) is 47.4 Å². The van der Waals surface area contributed by atoms with Crippen LogP contribution in [0.2, 0.25) is 0 Å². The maximum atomic E-state index is 13.3. The number of nitrogens with zero attached hydrogens (tertiary/aromatic N) is 3. The molecule has 1 aliphatic carbocycles. The van der Waals surface area contributed by atoms with Crippen LogP contribution in [0.4, 0.5) is 11.5 Å². The fraction of sp³-hybridized carbons (Fsp3) is 0.323. The van der Waals surface area contributed by atoms with Crippen molar-refractivity contribution in [3.8, 4) is 0 Å². The zero-order valence-corrected chi connectivity index (χ0v) is 22.7. The van der Waals surface area contributed by atoms with E-state index in [0.29, 0.717) is 30.9 Å². The molecule has 39 heavy (non-hydrogen) atoms. The first-order valence-electron chi connectivity index (χ1n) is 13.1. The summed E-state index contributed by atoms with van der Waals surface area (Å²) in [5, 5.41) is 5.89. The van der Waals surface area contributed by atoms with Gasteiger partial charge in [-0.3, -0.25) is 19.4 Å². The number of fused-ring (bicyclic) bond motifs is 3. The molecule has 2 N–H and O–H groups in total. The summed E-state index contributed by atoms with van der Waals surface area (Å²) in [5.74, 6) is 0.188. The summed E-state index contributed by atoms with van der Waals surface area (Å²) in [7, 11) is 1.70. The normalized spacial score (nSPS) is 17.7. The van der Waals surface area contributed by atoms with Crippen molar-refractivity contribution in [3.05, 3.63) is 88.6 Å². The molecule has 2 aromatic carbocycles. The molecule has 0 saturated heterocycles. The van der Waals surface area contributed by atoms with Gasteiger partial charge in [0.15, 0.2) is 0 Å². The number of hydrogen-bond acceptors (Lipinski definition) is 5. The van der Waals surface area contributed by atoms with Gasteiger partial charge in [0.05, 0.1) is 5.41 Å². The standard InChI is InChI=1S/C31H33N5O3/c1-30(2,3)29(39)36(18-22-9-6-5-8-21(22)17-32-4)19-26(37)34-24-12-11-20-15-31(16-23(20)14-24)25-10-7-13-33-27(25)35-28(31)38/h5-14,17H,15-16,18-19H2,1-4H3,(H,34,37)(H,33,35,38). The van der Waals surface area contributed by atoms with Gasteiger partial charge in [-0.05, 0) is 53.3 Å². The maximum Gasteiger partial charge on any atom is 0.244 e. The minimum atomic E-state index is -0.667. The Morgan fingerprint density at radius 1 is 1.10 bits per heavy atom.